The van der Waals surface area contributed by atoms with Crippen molar-refractivity contribution in [2.24, 2.45) is 0 Å². The number of anilines is 1. The number of nitriles is 1. The summed E-state index contributed by atoms with van der Waals surface area (Å²) in [5.74, 6) is -0.769. The van der Waals surface area contributed by atoms with Crippen molar-refractivity contribution in [1.82, 2.24) is 0 Å². The third-order valence-corrected chi connectivity index (χ3v) is 5.36. The molecule has 4 rings (SSSR count). The van der Waals surface area contributed by atoms with Crippen LogP contribution < -0.4 is 4.90 Å². The van der Waals surface area contributed by atoms with Crippen LogP contribution in [0, 0.1) is 16.7 Å². The van der Waals surface area contributed by atoms with Crippen molar-refractivity contribution >= 4 is 23.6 Å². The number of esters is 1. The average molecular weight is 419 g/mol. The highest BCUT2D eigenvalue weighted by Gasteiger charge is 2.45. The van der Waals surface area contributed by atoms with E-state index in [4.69, 9.17) is 19.6 Å². The van der Waals surface area contributed by atoms with Crippen molar-refractivity contribution in [3.8, 4) is 6.07 Å². The Kier molecular flexibility index (Phi) is 5.58. The first kappa shape index (κ1) is 20.4. The Hall–Kier alpha value is -3.86. The molecule has 1 heterocycles. The molecule has 2 aromatic rings. The maximum Gasteiger partial charge on any atom is 0.414 e. The molecular weight excluding hydrogens is 398 g/mol. The molecule has 2 fully saturated rings. The molecule has 1 saturated carbocycles. The number of amides is 1. The Morgan fingerprint density at radius 3 is 2.52 bits per heavy atom. The van der Waals surface area contributed by atoms with E-state index >= 15 is 0 Å². The lowest BCUT2D eigenvalue weighted by Gasteiger charge is -2.15. The van der Waals surface area contributed by atoms with Gasteiger partial charge in [0.1, 0.15) is 6.61 Å². The first-order valence-electron chi connectivity index (χ1n) is 9.93. The third kappa shape index (κ3) is 4.51. The fourth-order valence-corrected chi connectivity index (χ4v) is 3.39. The number of carbonyl (C=O) groups excluding carboxylic acids is 2. The summed E-state index contributed by atoms with van der Waals surface area (Å²) in [5.41, 5.74) is 1.66. The highest BCUT2D eigenvalue weighted by atomic mass is 16.6. The van der Waals surface area contributed by atoms with Gasteiger partial charge in [0.15, 0.2) is 12.7 Å². The Morgan fingerprint density at radius 2 is 1.87 bits per heavy atom. The van der Waals surface area contributed by atoms with Crippen LogP contribution in [0.25, 0.3) is 0 Å². The van der Waals surface area contributed by atoms with Crippen LogP contribution in [-0.2, 0) is 19.6 Å². The zero-order valence-electron chi connectivity index (χ0n) is 16.7. The first-order chi connectivity index (χ1) is 15.0. The van der Waals surface area contributed by atoms with E-state index in [0.717, 1.165) is 18.4 Å². The van der Waals surface area contributed by atoms with Gasteiger partial charge in [0.05, 0.1) is 23.6 Å². The molecule has 1 saturated heterocycles. The molecule has 8 nitrogen and oxygen atoms in total. The molecule has 0 spiro atoms. The maximum absolute atomic E-state index is 12.2. The number of hydrogen-bond acceptors (Lipinski definition) is 7. The molecule has 0 radical (unpaired) electrons. The number of rotatable bonds is 7. The maximum atomic E-state index is 12.2. The van der Waals surface area contributed by atoms with E-state index in [1.165, 1.54) is 4.90 Å². The summed E-state index contributed by atoms with van der Waals surface area (Å²) in [6, 6.07) is 18.2. The van der Waals surface area contributed by atoms with Gasteiger partial charge in [-0.25, -0.2) is 9.59 Å². The number of benzene rings is 2. The molecule has 31 heavy (non-hydrogen) atoms. The number of hydrogen-bond donors (Lipinski definition) is 1. The fourth-order valence-electron chi connectivity index (χ4n) is 3.39. The minimum atomic E-state index is -0.550. The molecule has 1 aliphatic heterocycles. The van der Waals surface area contributed by atoms with Crippen molar-refractivity contribution in [2.45, 2.75) is 24.4 Å². The Morgan fingerprint density at radius 1 is 1.16 bits per heavy atom. The average Bonchev–Trinajstić information content (AvgIpc) is 3.52. The Balaban J connectivity index is 1.24. The lowest BCUT2D eigenvalue weighted by atomic mass is 9.97. The number of ether oxygens (including phenoxy) is 3. The molecule has 0 unspecified atom stereocenters. The lowest BCUT2D eigenvalue weighted by molar-refractivity contribution is 0.0523. The van der Waals surface area contributed by atoms with Crippen LogP contribution in [0.5, 0.6) is 0 Å². The number of carbonyl (C=O) groups is 2. The molecule has 2 aliphatic rings. The predicted octanol–water partition coefficient (Wildman–Crippen LogP) is 3.42. The summed E-state index contributed by atoms with van der Waals surface area (Å²) in [6.07, 6.45) is 0.678. The van der Waals surface area contributed by atoms with Crippen LogP contribution in [0.2, 0.25) is 0 Å². The van der Waals surface area contributed by atoms with Gasteiger partial charge in [-0.1, -0.05) is 30.3 Å². The molecule has 1 amide bonds. The van der Waals surface area contributed by atoms with Crippen LogP contribution in [0.1, 0.15) is 28.8 Å². The Bertz CT molecular complexity index is 1030. The van der Waals surface area contributed by atoms with Crippen molar-refractivity contribution in [1.29, 1.82) is 10.7 Å². The van der Waals surface area contributed by atoms with Crippen LogP contribution in [-0.4, -0.2) is 43.8 Å². The number of nitrogens with zero attached hydrogens (tertiary/aromatic N) is 2. The van der Waals surface area contributed by atoms with Gasteiger partial charge in [-0.2, -0.15) is 5.26 Å². The quantitative estimate of drug-likeness (QED) is 0.418. The second-order valence-corrected chi connectivity index (χ2v) is 7.53. The molecule has 158 valence electrons. The van der Waals surface area contributed by atoms with Crippen molar-refractivity contribution < 1.29 is 23.8 Å². The Labute approximate surface area is 179 Å². The van der Waals surface area contributed by atoms with Crippen LogP contribution in [0.15, 0.2) is 54.6 Å². The highest BCUT2D eigenvalue weighted by molar-refractivity contribution is 5.91. The second kappa shape index (κ2) is 8.48. The van der Waals surface area contributed by atoms with Gasteiger partial charge >= 0.3 is 12.1 Å². The number of nitrogens with one attached hydrogen (secondary N) is 1. The summed E-state index contributed by atoms with van der Waals surface area (Å²) < 4.78 is 15.6. The highest BCUT2D eigenvalue weighted by Crippen LogP contribution is 2.47. The molecule has 0 aromatic heterocycles. The molecule has 2 aromatic carbocycles. The molecule has 8 heteroatoms. The van der Waals surface area contributed by atoms with Crippen molar-refractivity contribution in [2.75, 3.05) is 24.7 Å². The summed E-state index contributed by atoms with van der Waals surface area (Å²) >= 11 is 0. The van der Waals surface area contributed by atoms with E-state index in [0.29, 0.717) is 11.3 Å². The SMILES string of the molecule is N#CC1(c2ccc(N3C[C@@H](COC(=N)COC(=O)c4ccccc4)OC3=O)cc2)CC1. The van der Waals surface area contributed by atoms with E-state index < -0.39 is 18.2 Å². The standard InChI is InChI=1S/C23H21N3O5/c24-15-23(10-11-23)17-6-8-18(9-7-17)26-12-19(31-22(26)28)13-29-20(25)14-30-21(27)16-4-2-1-3-5-16/h1-9,19,25H,10-14H2/t19-/m0/s1. The molecule has 1 aliphatic carbocycles. The normalized spacial score (nSPS) is 18.6. The summed E-state index contributed by atoms with van der Waals surface area (Å²) in [6.45, 7) is -0.0432. The van der Waals surface area contributed by atoms with Gasteiger partial charge in [0.25, 0.3) is 0 Å². The minimum Gasteiger partial charge on any atom is -0.475 e. The summed E-state index contributed by atoms with van der Waals surface area (Å²) in [7, 11) is 0. The first-order valence-corrected chi connectivity index (χ1v) is 9.93. The minimum absolute atomic E-state index is 0.0143. The lowest BCUT2D eigenvalue weighted by Crippen LogP contribution is -2.27. The largest absolute Gasteiger partial charge is 0.475 e. The molecular formula is C23H21N3O5. The fraction of sp³-hybridized carbons (Fsp3) is 0.304. The topological polar surface area (TPSA) is 113 Å². The van der Waals surface area contributed by atoms with E-state index in [2.05, 4.69) is 6.07 Å². The third-order valence-electron chi connectivity index (χ3n) is 5.36. The van der Waals surface area contributed by atoms with E-state index in [-0.39, 0.29) is 31.1 Å². The van der Waals surface area contributed by atoms with Crippen molar-refractivity contribution in [3.05, 3.63) is 65.7 Å². The van der Waals surface area contributed by atoms with Gasteiger partial charge in [-0.3, -0.25) is 10.3 Å². The molecule has 1 N–H and O–H groups in total. The predicted molar refractivity (Wildman–Crippen MR) is 111 cm³/mol. The van der Waals surface area contributed by atoms with Gasteiger partial charge in [0.2, 0.25) is 5.90 Å². The van der Waals surface area contributed by atoms with E-state index in [1.807, 2.05) is 24.3 Å². The van der Waals surface area contributed by atoms with Crippen LogP contribution >= 0.6 is 0 Å². The molecule has 1 atom stereocenters. The van der Waals surface area contributed by atoms with Crippen molar-refractivity contribution in [3.63, 3.8) is 0 Å². The monoisotopic (exact) mass is 419 g/mol. The summed E-state index contributed by atoms with van der Waals surface area (Å²) in [5, 5.41) is 17.1. The number of cyclic esters (lactones) is 1. The van der Waals surface area contributed by atoms with Gasteiger partial charge in [0, 0.05) is 5.69 Å². The van der Waals surface area contributed by atoms with Gasteiger partial charge < -0.3 is 14.2 Å². The van der Waals surface area contributed by atoms with E-state index in [1.54, 1.807) is 30.3 Å². The van der Waals surface area contributed by atoms with E-state index in [9.17, 15) is 14.9 Å². The van der Waals surface area contributed by atoms with Gasteiger partial charge in [-0.15, -0.1) is 0 Å². The van der Waals surface area contributed by atoms with Crippen LogP contribution in [0.4, 0.5) is 10.5 Å². The summed E-state index contributed by atoms with van der Waals surface area (Å²) in [4.78, 5) is 25.6. The zero-order valence-corrected chi connectivity index (χ0v) is 16.7. The van der Waals surface area contributed by atoms with Crippen LogP contribution in [0.3, 0.4) is 0 Å². The smallest absolute Gasteiger partial charge is 0.414 e. The van der Waals surface area contributed by atoms with Gasteiger partial charge in [-0.05, 0) is 42.7 Å². The molecule has 0 bridgehead atoms. The second-order valence-electron chi connectivity index (χ2n) is 7.53. The zero-order chi connectivity index (χ0) is 21.8.